The third-order valence-electron chi connectivity index (χ3n) is 7.49. The zero-order chi connectivity index (χ0) is 28.7. The van der Waals surface area contributed by atoms with Gasteiger partial charge in [0.1, 0.15) is 12.6 Å². The molecular weight excluding hydrogens is 534 g/mol. The first-order valence-corrected chi connectivity index (χ1v) is 15.3. The number of sulfonamides is 1. The van der Waals surface area contributed by atoms with Gasteiger partial charge < -0.3 is 19.9 Å². The molecule has 2 aromatic carbocycles. The number of hydrogen-bond acceptors (Lipinski definition) is 8. The number of carbonyl (C=O) groups is 1. The fourth-order valence-electron chi connectivity index (χ4n) is 5.54. The van der Waals surface area contributed by atoms with Crippen molar-refractivity contribution in [2.45, 2.75) is 75.3 Å². The number of carbonyl (C=O) groups excluding carboxylic acids is 1. The Morgan fingerprint density at radius 1 is 1.12 bits per heavy atom. The van der Waals surface area contributed by atoms with Gasteiger partial charge in [-0.15, -0.1) is 0 Å². The van der Waals surface area contributed by atoms with Gasteiger partial charge in [-0.2, -0.15) is 9.21 Å². The van der Waals surface area contributed by atoms with Crippen LogP contribution in [-0.4, -0.2) is 68.0 Å². The third kappa shape index (κ3) is 7.87. The minimum Gasteiger partial charge on any atom is -0.446 e. The second kappa shape index (κ2) is 13.7. The molecule has 10 nitrogen and oxygen atoms in total. The Morgan fingerprint density at radius 2 is 1.88 bits per heavy atom. The maximum Gasteiger partial charge on any atom is 0.407 e. The van der Waals surface area contributed by atoms with E-state index in [0.29, 0.717) is 17.9 Å². The molecule has 1 saturated carbocycles. The number of amides is 1. The monoisotopic (exact) mass is 573 g/mol. The van der Waals surface area contributed by atoms with E-state index in [1.807, 2.05) is 44.2 Å². The highest BCUT2D eigenvalue weighted by molar-refractivity contribution is 7.89. The zero-order valence-electron chi connectivity index (χ0n) is 23.0. The maximum atomic E-state index is 13.7. The molecule has 218 valence electrons. The van der Waals surface area contributed by atoms with Crippen molar-refractivity contribution in [2.24, 2.45) is 17.0 Å². The fourth-order valence-corrected chi connectivity index (χ4v) is 7.23. The molecule has 40 heavy (non-hydrogen) atoms. The molecule has 2 aromatic rings. The summed E-state index contributed by atoms with van der Waals surface area (Å²) >= 11 is 0. The number of aliphatic hydroxyl groups excluding tert-OH is 1. The minimum absolute atomic E-state index is 0.0162. The quantitative estimate of drug-likeness (QED) is 0.348. The number of aliphatic hydroxyl groups is 1. The number of hydrogen-bond donors (Lipinski definition) is 2. The van der Waals surface area contributed by atoms with Gasteiger partial charge in [0.05, 0.1) is 23.1 Å². The number of rotatable bonds is 13. The van der Waals surface area contributed by atoms with Crippen LogP contribution in [0.3, 0.4) is 0 Å². The summed E-state index contributed by atoms with van der Waals surface area (Å²) < 4.78 is 40.0. The van der Waals surface area contributed by atoms with Crippen molar-refractivity contribution in [3.63, 3.8) is 0 Å². The molecule has 1 heterocycles. The smallest absolute Gasteiger partial charge is 0.407 e. The molecular formula is C29H39N3O7S. The van der Waals surface area contributed by atoms with Crippen molar-refractivity contribution in [1.29, 1.82) is 0 Å². The lowest BCUT2D eigenvalue weighted by atomic mass is 10.0. The van der Waals surface area contributed by atoms with Crippen LogP contribution in [0.4, 0.5) is 4.79 Å². The van der Waals surface area contributed by atoms with Crippen LogP contribution in [0.1, 0.15) is 44.2 Å². The summed E-state index contributed by atoms with van der Waals surface area (Å²) in [6, 6.07) is 14.7. The lowest BCUT2D eigenvalue weighted by molar-refractivity contribution is 0.0554. The number of fused-ring (bicyclic) bond motifs is 1. The topological polar surface area (TPSA) is 135 Å². The first-order chi connectivity index (χ1) is 19.2. The average molecular weight is 574 g/mol. The standard InChI is InChI=1S/C29H39N3O7S/c1-20(2)18-32(40(36,37)25-10-6-9-22(13-25)17-30-35)19-27(33)26(14-21-7-4-3-5-8-21)31-29(34)39-24-15-23-11-12-38-28(23)16-24/h3-10,13,20,23-24,26-28,33H,11-12,14-19H2,1-2H3,(H,31,34)/t23?,24?,26-,27+,28+/m0/s1. The predicted molar refractivity (Wildman–Crippen MR) is 150 cm³/mol. The molecule has 4 rings (SSSR count). The maximum absolute atomic E-state index is 13.7. The number of nitroso groups, excluding NO2 is 1. The van der Waals surface area contributed by atoms with Gasteiger partial charge in [0.25, 0.3) is 0 Å². The SMILES string of the molecule is CC(C)CN(C[C@@H](O)[C@H](Cc1ccccc1)NC(=O)OC1CC2CCO[C@@H]2C1)S(=O)(=O)c1cccc(CN=O)c1. The van der Waals surface area contributed by atoms with E-state index in [9.17, 15) is 23.2 Å². The highest BCUT2D eigenvalue weighted by Gasteiger charge is 2.40. The average Bonchev–Trinajstić information content (AvgIpc) is 3.50. The van der Waals surface area contributed by atoms with Crippen LogP contribution in [0.25, 0.3) is 0 Å². The second-order valence-corrected chi connectivity index (χ2v) is 13.1. The minimum atomic E-state index is -4.02. The van der Waals surface area contributed by atoms with Crippen LogP contribution in [-0.2, 0) is 32.5 Å². The van der Waals surface area contributed by atoms with E-state index in [1.165, 1.54) is 16.4 Å². The molecule has 0 aromatic heterocycles. The highest BCUT2D eigenvalue weighted by Crippen LogP contribution is 2.37. The van der Waals surface area contributed by atoms with Crippen LogP contribution < -0.4 is 5.32 Å². The Morgan fingerprint density at radius 3 is 2.58 bits per heavy atom. The van der Waals surface area contributed by atoms with Crippen molar-refractivity contribution in [1.82, 2.24) is 9.62 Å². The van der Waals surface area contributed by atoms with Crippen molar-refractivity contribution >= 4 is 16.1 Å². The van der Waals surface area contributed by atoms with Gasteiger partial charge >= 0.3 is 6.09 Å². The number of benzene rings is 2. The normalized spacial score (nSPS) is 22.2. The summed E-state index contributed by atoms with van der Waals surface area (Å²) in [7, 11) is -4.02. The van der Waals surface area contributed by atoms with Gasteiger partial charge in [0, 0.05) is 26.1 Å². The Hall–Kier alpha value is -2.86. The molecule has 2 aliphatic rings. The van der Waals surface area contributed by atoms with Crippen molar-refractivity contribution in [3.05, 3.63) is 70.6 Å². The number of alkyl carbamates (subject to hydrolysis) is 1. The number of ether oxygens (including phenoxy) is 2. The Bertz CT molecular complexity index is 1230. The molecule has 5 atom stereocenters. The van der Waals surface area contributed by atoms with Crippen LogP contribution >= 0.6 is 0 Å². The van der Waals surface area contributed by atoms with E-state index in [1.54, 1.807) is 12.1 Å². The van der Waals surface area contributed by atoms with Crippen LogP contribution in [0.2, 0.25) is 0 Å². The third-order valence-corrected chi connectivity index (χ3v) is 9.32. The number of nitrogens with one attached hydrogen (secondary N) is 1. The summed E-state index contributed by atoms with van der Waals surface area (Å²) in [5.41, 5.74) is 1.36. The fraction of sp³-hybridized carbons (Fsp3) is 0.552. The molecule has 1 saturated heterocycles. The number of nitrogens with zero attached hydrogens (tertiary/aromatic N) is 2. The first kappa shape index (κ1) is 30.1. The second-order valence-electron chi connectivity index (χ2n) is 11.1. The van der Waals surface area contributed by atoms with E-state index in [2.05, 4.69) is 10.5 Å². The van der Waals surface area contributed by atoms with Crippen molar-refractivity contribution in [2.75, 3.05) is 19.7 Å². The molecule has 1 aliphatic heterocycles. The van der Waals surface area contributed by atoms with Crippen molar-refractivity contribution in [3.8, 4) is 0 Å². The van der Waals surface area contributed by atoms with E-state index in [0.717, 1.165) is 25.0 Å². The summed E-state index contributed by atoms with van der Waals surface area (Å²) in [4.78, 5) is 23.7. The Labute approximate surface area is 236 Å². The van der Waals surface area contributed by atoms with Gasteiger partial charge in [-0.1, -0.05) is 61.5 Å². The Kier molecular flexibility index (Phi) is 10.3. The van der Waals surface area contributed by atoms with Crippen LogP contribution in [0, 0.1) is 16.7 Å². The summed E-state index contributed by atoms with van der Waals surface area (Å²) in [5, 5.41) is 17.1. The van der Waals surface area contributed by atoms with E-state index in [-0.39, 0.29) is 49.1 Å². The van der Waals surface area contributed by atoms with E-state index >= 15 is 0 Å². The molecule has 1 amide bonds. The van der Waals surface area contributed by atoms with Gasteiger partial charge in [-0.05, 0) is 54.4 Å². The predicted octanol–water partition coefficient (Wildman–Crippen LogP) is 3.87. The van der Waals surface area contributed by atoms with Gasteiger partial charge in [-0.25, -0.2) is 13.2 Å². The molecule has 0 radical (unpaired) electrons. The van der Waals surface area contributed by atoms with Gasteiger partial charge in [-0.3, -0.25) is 0 Å². The van der Waals surface area contributed by atoms with Gasteiger partial charge in [0.15, 0.2) is 0 Å². The lowest BCUT2D eigenvalue weighted by Crippen LogP contribution is -2.51. The molecule has 0 bridgehead atoms. The summed E-state index contributed by atoms with van der Waals surface area (Å²) in [6.45, 7) is 4.29. The van der Waals surface area contributed by atoms with Crippen molar-refractivity contribution < 1.29 is 27.8 Å². The highest BCUT2D eigenvalue weighted by atomic mass is 32.2. The molecule has 11 heteroatoms. The molecule has 2 fully saturated rings. The molecule has 2 N–H and O–H groups in total. The van der Waals surface area contributed by atoms with E-state index in [4.69, 9.17) is 9.47 Å². The molecule has 1 aliphatic carbocycles. The molecule has 2 unspecified atom stereocenters. The lowest BCUT2D eigenvalue weighted by Gasteiger charge is -2.31. The molecule has 0 spiro atoms. The first-order valence-electron chi connectivity index (χ1n) is 13.8. The van der Waals surface area contributed by atoms with Crippen LogP contribution in [0.5, 0.6) is 0 Å². The van der Waals surface area contributed by atoms with Crippen LogP contribution in [0.15, 0.2) is 64.7 Å². The van der Waals surface area contributed by atoms with Gasteiger partial charge in [0.2, 0.25) is 10.0 Å². The van der Waals surface area contributed by atoms with E-state index < -0.39 is 28.3 Å². The summed E-state index contributed by atoms with van der Waals surface area (Å²) in [5.74, 6) is 0.371. The Balaban J connectivity index is 1.50. The largest absolute Gasteiger partial charge is 0.446 e. The zero-order valence-corrected chi connectivity index (χ0v) is 23.8. The summed E-state index contributed by atoms with van der Waals surface area (Å²) in [6.07, 6.45) is 0.661.